The summed E-state index contributed by atoms with van der Waals surface area (Å²) < 4.78 is 7.06. The third-order valence-corrected chi connectivity index (χ3v) is 6.47. The van der Waals surface area contributed by atoms with Crippen molar-refractivity contribution in [3.63, 3.8) is 0 Å². The number of carbonyl (C=O) groups is 1. The maximum atomic E-state index is 13.7. The number of hydrogen-bond acceptors (Lipinski definition) is 3. The molecule has 166 valence electrons. The molecule has 1 aromatic heterocycles. The molecule has 0 radical (unpaired) electrons. The van der Waals surface area contributed by atoms with Crippen molar-refractivity contribution in [2.45, 2.75) is 26.8 Å². The van der Waals surface area contributed by atoms with Crippen LogP contribution in [0.25, 0.3) is 16.9 Å². The van der Waals surface area contributed by atoms with Crippen LogP contribution in [0.5, 0.6) is 5.75 Å². The third-order valence-electron chi connectivity index (χ3n) is 6.47. The number of fused-ring (bicyclic) bond motifs is 1. The van der Waals surface area contributed by atoms with Gasteiger partial charge in [0, 0.05) is 18.7 Å². The fourth-order valence-corrected chi connectivity index (χ4v) is 4.33. The number of hydrogen-bond donors (Lipinski definition) is 0. The SMILES string of the molecule is COc1ccc(-n2nc(-c3ccc(C)c(C)c3)cc2C(=O)N2CCc3ccccc3C2)cc1. The number of amides is 1. The van der Waals surface area contributed by atoms with Gasteiger partial charge in [0.2, 0.25) is 0 Å². The molecule has 1 amide bonds. The quantitative estimate of drug-likeness (QED) is 0.432. The summed E-state index contributed by atoms with van der Waals surface area (Å²) in [5, 5.41) is 4.87. The van der Waals surface area contributed by atoms with Gasteiger partial charge in [-0.2, -0.15) is 5.10 Å². The van der Waals surface area contributed by atoms with E-state index in [1.165, 1.54) is 22.3 Å². The van der Waals surface area contributed by atoms with E-state index in [2.05, 4.69) is 50.2 Å². The Balaban J connectivity index is 1.56. The van der Waals surface area contributed by atoms with Gasteiger partial charge >= 0.3 is 0 Å². The molecule has 0 atom stereocenters. The number of methoxy groups -OCH3 is 1. The Labute approximate surface area is 194 Å². The molecule has 5 nitrogen and oxygen atoms in total. The summed E-state index contributed by atoms with van der Waals surface area (Å²) in [7, 11) is 1.64. The maximum Gasteiger partial charge on any atom is 0.272 e. The smallest absolute Gasteiger partial charge is 0.272 e. The third kappa shape index (κ3) is 4.02. The molecule has 0 saturated heterocycles. The summed E-state index contributed by atoms with van der Waals surface area (Å²) >= 11 is 0. The first-order chi connectivity index (χ1) is 16.0. The molecule has 4 aromatic rings. The molecule has 3 aromatic carbocycles. The zero-order valence-corrected chi connectivity index (χ0v) is 19.2. The van der Waals surface area contributed by atoms with E-state index in [-0.39, 0.29) is 5.91 Å². The molecule has 0 N–H and O–H groups in total. The summed E-state index contributed by atoms with van der Waals surface area (Å²) in [6.07, 6.45) is 0.864. The van der Waals surface area contributed by atoms with Crippen molar-refractivity contribution in [2.24, 2.45) is 0 Å². The first kappa shape index (κ1) is 21.0. The number of aromatic nitrogens is 2. The Hall–Kier alpha value is -3.86. The van der Waals surface area contributed by atoms with Crippen LogP contribution >= 0.6 is 0 Å². The van der Waals surface area contributed by atoms with Gasteiger partial charge < -0.3 is 9.64 Å². The Bertz CT molecular complexity index is 1320. The number of aryl methyl sites for hydroxylation is 2. The van der Waals surface area contributed by atoms with Crippen LogP contribution in [-0.4, -0.2) is 34.2 Å². The lowest BCUT2D eigenvalue weighted by molar-refractivity contribution is 0.0725. The fraction of sp³-hybridized carbons (Fsp3) is 0.214. The summed E-state index contributed by atoms with van der Waals surface area (Å²) in [6.45, 7) is 5.50. The summed E-state index contributed by atoms with van der Waals surface area (Å²) in [4.78, 5) is 15.7. The van der Waals surface area contributed by atoms with E-state index >= 15 is 0 Å². The number of benzene rings is 3. The first-order valence-electron chi connectivity index (χ1n) is 11.2. The van der Waals surface area contributed by atoms with Gasteiger partial charge in [0.05, 0.1) is 18.5 Å². The standard InChI is InChI=1S/C28H27N3O2/c1-19-8-9-22(16-20(19)2)26-17-27(31(29-26)24-10-12-25(33-3)13-11-24)28(32)30-15-14-21-6-4-5-7-23(21)18-30/h4-13,16-17H,14-15,18H2,1-3H3. The van der Waals surface area contributed by atoms with Gasteiger partial charge in [-0.05, 0) is 78.9 Å². The predicted molar refractivity (Wildman–Crippen MR) is 130 cm³/mol. The van der Waals surface area contributed by atoms with E-state index in [9.17, 15) is 4.79 Å². The largest absolute Gasteiger partial charge is 0.497 e. The number of carbonyl (C=O) groups excluding carboxylic acids is 1. The second-order valence-electron chi connectivity index (χ2n) is 8.57. The van der Waals surface area contributed by atoms with Gasteiger partial charge in [-0.1, -0.05) is 36.4 Å². The van der Waals surface area contributed by atoms with E-state index in [0.717, 1.165) is 29.1 Å². The lowest BCUT2D eigenvalue weighted by Gasteiger charge is -2.29. The van der Waals surface area contributed by atoms with Crippen LogP contribution in [0.2, 0.25) is 0 Å². The maximum absolute atomic E-state index is 13.7. The lowest BCUT2D eigenvalue weighted by atomic mass is 9.99. The van der Waals surface area contributed by atoms with Gasteiger partial charge in [-0.3, -0.25) is 4.79 Å². The molecular formula is C28H27N3O2. The molecule has 0 spiro atoms. The van der Waals surface area contributed by atoms with Crippen molar-refractivity contribution < 1.29 is 9.53 Å². The van der Waals surface area contributed by atoms with Crippen LogP contribution in [0.3, 0.4) is 0 Å². The second-order valence-corrected chi connectivity index (χ2v) is 8.57. The molecule has 5 heteroatoms. The average molecular weight is 438 g/mol. The minimum atomic E-state index is -0.0112. The van der Waals surface area contributed by atoms with Crippen LogP contribution in [0, 0.1) is 13.8 Å². The molecule has 0 saturated carbocycles. The highest BCUT2D eigenvalue weighted by molar-refractivity contribution is 5.94. The molecule has 2 heterocycles. The highest BCUT2D eigenvalue weighted by Gasteiger charge is 2.26. The fourth-order valence-electron chi connectivity index (χ4n) is 4.33. The molecule has 1 aliphatic heterocycles. The Morgan fingerprint density at radius 1 is 0.909 bits per heavy atom. The van der Waals surface area contributed by atoms with Crippen LogP contribution in [0.15, 0.2) is 72.8 Å². The van der Waals surface area contributed by atoms with E-state index in [0.29, 0.717) is 18.8 Å². The highest BCUT2D eigenvalue weighted by atomic mass is 16.5. The van der Waals surface area contributed by atoms with Crippen LogP contribution < -0.4 is 4.74 Å². The van der Waals surface area contributed by atoms with E-state index in [1.54, 1.807) is 11.8 Å². The van der Waals surface area contributed by atoms with Gasteiger partial charge in [0.15, 0.2) is 0 Å². The number of ether oxygens (including phenoxy) is 1. The Morgan fingerprint density at radius 3 is 2.39 bits per heavy atom. The molecule has 0 aliphatic carbocycles. The normalized spacial score (nSPS) is 13.0. The minimum Gasteiger partial charge on any atom is -0.497 e. The molecule has 5 rings (SSSR count). The number of rotatable bonds is 4. The minimum absolute atomic E-state index is 0.0112. The highest BCUT2D eigenvalue weighted by Crippen LogP contribution is 2.27. The summed E-state index contributed by atoms with van der Waals surface area (Å²) in [5.74, 6) is 0.753. The molecule has 1 aliphatic rings. The van der Waals surface area contributed by atoms with Crippen molar-refractivity contribution >= 4 is 5.91 Å². The van der Waals surface area contributed by atoms with Gasteiger partial charge in [-0.15, -0.1) is 0 Å². The Kier molecular flexibility index (Phi) is 5.47. The van der Waals surface area contributed by atoms with Gasteiger partial charge in [0.1, 0.15) is 11.4 Å². The van der Waals surface area contributed by atoms with Crippen molar-refractivity contribution in [3.05, 3.63) is 101 Å². The first-order valence-corrected chi connectivity index (χ1v) is 11.2. The second kappa shape index (κ2) is 8.58. The molecule has 33 heavy (non-hydrogen) atoms. The lowest BCUT2D eigenvalue weighted by Crippen LogP contribution is -2.37. The molecule has 0 bridgehead atoms. The van der Waals surface area contributed by atoms with Crippen molar-refractivity contribution in [2.75, 3.05) is 13.7 Å². The van der Waals surface area contributed by atoms with Gasteiger partial charge in [0.25, 0.3) is 5.91 Å². The zero-order valence-electron chi connectivity index (χ0n) is 19.2. The van der Waals surface area contributed by atoms with Crippen molar-refractivity contribution in [3.8, 4) is 22.7 Å². The molecule has 0 fully saturated rings. The van der Waals surface area contributed by atoms with E-state index in [1.807, 2.05) is 41.3 Å². The molecular weight excluding hydrogens is 410 g/mol. The Morgan fingerprint density at radius 2 is 1.67 bits per heavy atom. The monoisotopic (exact) mass is 437 g/mol. The summed E-state index contributed by atoms with van der Waals surface area (Å²) in [6, 6.07) is 24.2. The average Bonchev–Trinajstić information content (AvgIpc) is 3.30. The van der Waals surface area contributed by atoms with E-state index < -0.39 is 0 Å². The van der Waals surface area contributed by atoms with E-state index in [4.69, 9.17) is 9.84 Å². The summed E-state index contributed by atoms with van der Waals surface area (Å²) in [5.41, 5.74) is 8.14. The van der Waals surface area contributed by atoms with Crippen molar-refractivity contribution in [1.82, 2.24) is 14.7 Å². The topological polar surface area (TPSA) is 47.4 Å². The number of nitrogens with zero attached hydrogens (tertiary/aromatic N) is 3. The van der Waals surface area contributed by atoms with Crippen LogP contribution in [0.1, 0.15) is 32.7 Å². The molecule has 0 unspecified atom stereocenters. The van der Waals surface area contributed by atoms with Gasteiger partial charge in [-0.25, -0.2) is 4.68 Å². The predicted octanol–water partition coefficient (Wildman–Crippen LogP) is 5.36. The zero-order chi connectivity index (χ0) is 22.9. The van der Waals surface area contributed by atoms with Crippen molar-refractivity contribution in [1.29, 1.82) is 0 Å². The van der Waals surface area contributed by atoms with Crippen LogP contribution in [-0.2, 0) is 13.0 Å². The van der Waals surface area contributed by atoms with Crippen LogP contribution in [0.4, 0.5) is 0 Å².